The lowest BCUT2D eigenvalue weighted by molar-refractivity contribution is -0.330. The topological polar surface area (TPSA) is 96.9 Å². The number of aromatic amines is 1. The van der Waals surface area contributed by atoms with E-state index in [0.29, 0.717) is 40.7 Å². The van der Waals surface area contributed by atoms with Crippen LogP contribution in [0.5, 0.6) is 0 Å². The first-order valence-electron chi connectivity index (χ1n) is 9.56. The van der Waals surface area contributed by atoms with Crippen LogP contribution in [0.1, 0.15) is 17.5 Å². The molecule has 0 saturated carbocycles. The molecule has 4 rings (SSSR count). The van der Waals surface area contributed by atoms with Crippen LogP contribution < -0.4 is 16.3 Å². The maximum Gasteiger partial charge on any atom is 0.522 e. The molecule has 0 spiro atoms. The van der Waals surface area contributed by atoms with Crippen LogP contribution in [0.3, 0.4) is 0 Å². The minimum absolute atomic E-state index is 0.0548. The first kappa shape index (κ1) is 20.4. The second-order valence-corrected chi connectivity index (χ2v) is 7.19. The lowest BCUT2D eigenvalue weighted by atomic mass is 10.1. The Balaban J connectivity index is 1.57. The summed E-state index contributed by atoms with van der Waals surface area (Å²) < 4.78 is 42.7. The molecule has 0 amide bonds. The van der Waals surface area contributed by atoms with Crippen LogP contribution in [0.15, 0.2) is 35.3 Å². The standard InChI is InChI=1S/C19H21F3N6O2/c20-19(21,22)30-11-14-4-2-1-3-13(14)10-28-16-15(26-18(28)29)9-25-17(27-16)24-8-12-5-6-23-7-12/h1-4,9,12,23H,5-8,10-11H2,(H,26,29)(H,24,25,27)/t12-/m1/s1. The SMILES string of the molecule is O=c1[nH]c2cnc(NC[C@@H]3CCNC3)nc2n1Cc1ccccc1COC(F)(F)F. The molecule has 1 aromatic carbocycles. The van der Waals surface area contributed by atoms with Crippen molar-refractivity contribution >= 4 is 17.1 Å². The monoisotopic (exact) mass is 422 g/mol. The van der Waals surface area contributed by atoms with Crippen molar-refractivity contribution in [3.05, 3.63) is 52.1 Å². The van der Waals surface area contributed by atoms with E-state index in [1.54, 1.807) is 24.3 Å². The van der Waals surface area contributed by atoms with Gasteiger partial charge in [0.2, 0.25) is 5.95 Å². The molecule has 30 heavy (non-hydrogen) atoms. The zero-order chi connectivity index (χ0) is 21.1. The molecule has 1 fully saturated rings. The predicted molar refractivity (Wildman–Crippen MR) is 104 cm³/mol. The van der Waals surface area contributed by atoms with Crippen molar-refractivity contribution in [3.8, 4) is 0 Å². The van der Waals surface area contributed by atoms with Crippen molar-refractivity contribution < 1.29 is 17.9 Å². The summed E-state index contributed by atoms with van der Waals surface area (Å²) in [5.74, 6) is 0.883. The zero-order valence-electron chi connectivity index (χ0n) is 16.0. The van der Waals surface area contributed by atoms with Crippen LogP contribution in [-0.2, 0) is 17.9 Å². The highest BCUT2D eigenvalue weighted by atomic mass is 19.4. The average Bonchev–Trinajstić information content (AvgIpc) is 3.33. The highest BCUT2D eigenvalue weighted by molar-refractivity contribution is 5.71. The summed E-state index contributed by atoms with van der Waals surface area (Å²) in [5, 5.41) is 6.48. The highest BCUT2D eigenvalue weighted by Crippen LogP contribution is 2.21. The summed E-state index contributed by atoms with van der Waals surface area (Å²) in [7, 11) is 0. The zero-order valence-corrected chi connectivity index (χ0v) is 16.0. The van der Waals surface area contributed by atoms with Gasteiger partial charge in [0.05, 0.1) is 19.3 Å². The van der Waals surface area contributed by atoms with Gasteiger partial charge in [0.25, 0.3) is 0 Å². The molecule has 3 N–H and O–H groups in total. The van der Waals surface area contributed by atoms with E-state index < -0.39 is 18.7 Å². The van der Waals surface area contributed by atoms with Crippen LogP contribution in [0.25, 0.3) is 11.2 Å². The maximum atomic E-state index is 12.4. The minimum Gasteiger partial charge on any atom is -0.354 e. The fourth-order valence-corrected chi connectivity index (χ4v) is 3.48. The third-order valence-electron chi connectivity index (χ3n) is 5.06. The molecule has 1 aliphatic heterocycles. The van der Waals surface area contributed by atoms with Crippen LogP contribution in [0.4, 0.5) is 19.1 Å². The van der Waals surface area contributed by atoms with Crippen molar-refractivity contribution in [2.45, 2.75) is 25.9 Å². The Morgan fingerprint density at radius 2 is 2.07 bits per heavy atom. The van der Waals surface area contributed by atoms with Crippen LogP contribution in [0.2, 0.25) is 0 Å². The Morgan fingerprint density at radius 1 is 1.27 bits per heavy atom. The number of alkyl halides is 3. The Morgan fingerprint density at radius 3 is 2.80 bits per heavy atom. The fourth-order valence-electron chi connectivity index (χ4n) is 3.48. The quantitative estimate of drug-likeness (QED) is 0.540. The van der Waals surface area contributed by atoms with E-state index >= 15 is 0 Å². The number of hydrogen-bond donors (Lipinski definition) is 3. The van der Waals surface area contributed by atoms with Gasteiger partial charge in [-0.2, -0.15) is 4.98 Å². The normalized spacial score (nSPS) is 17.0. The number of H-pyrrole nitrogens is 1. The molecule has 1 aliphatic rings. The summed E-state index contributed by atoms with van der Waals surface area (Å²) >= 11 is 0. The summed E-state index contributed by atoms with van der Waals surface area (Å²) in [6.45, 7) is 2.06. The van der Waals surface area contributed by atoms with Gasteiger partial charge in [-0.25, -0.2) is 9.78 Å². The lowest BCUT2D eigenvalue weighted by Gasteiger charge is -2.12. The number of benzene rings is 1. The van der Waals surface area contributed by atoms with Crippen molar-refractivity contribution in [2.24, 2.45) is 5.92 Å². The molecule has 0 bridgehead atoms. The third-order valence-corrected chi connectivity index (χ3v) is 5.06. The van der Waals surface area contributed by atoms with Gasteiger partial charge in [-0.15, -0.1) is 13.2 Å². The molecule has 8 nitrogen and oxygen atoms in total. The van der Waals surface area contributed by atoms with E-state index in [9.17, 15) is 18.0 Å². The van der Waals surface area contributed by atoms with Gasteiger partial charge in [0.15, 0.2) is 5.65 Å². The lowest BCUT2D eigenvalue weighted by Crippen LogP contribution is -2.20. The van der Waals surface area contributed by atoms with Crippen molar-refractivity contribution in [1.29, 1.82) is 0 Å². The number of ether oxygens (including phenoxy) is 1. The van der Waals surface area contributed by atoms with E-state index in [-0.39, 0.29) is 6.54 Å². The van der Waals surface area contributed by atoms with E-state index in [0.717, 1.165) is 19.5 Å². The fraction of sp³-hybridized carbons (Fsp3) is 0.421. The summed E-state index contributed by atoms with van der Waals surface area (Å²) in [4.78, 5) is 23.8. The average molecular weight is 422 g/mol. The number of anilines is 1. The number of imidazole rings is 1. The smallest absolute Gasteiger partial charge is 0.354 e. The molecule has 2 aromatic heterocycles. The summed E-state index contributed by atoms with van der Waals surface area (Å²) in [6.07, 6.45) is -2.14. The highest BCUT2D eigenvalue weighted by Gasteiger charge is 2.29. The van der Waals surface area contributed by atoms with Gasteiger partial charge >= 0.3 is 12.1 Å². The number of hydrogen-bond acceptors (Lipinski definition) is 6. The first-order chi connectivity index (χ1) is 14.4. The van der Waals surface area contributed by atoms with Gasteiger partial charge in [-0.05, 0) is 36.6 Å². The predicted octanol–water partition coefficient (Wildman–Crippen LogP) is 2.23. The number of halogens is 3. The Hall–Kier alpha value is -2.92. The second-order valence-electron chi connectivity index (χ2n) is 7.19. The first-order valence-corrected chi connectivity index (χ1v) is 9.56. The van der Waals surface area contributed by atoms with Gasteiger partial charge < -0.3 is 15.6 Å². The van der Waals surface area contributed by atoms with E-state index in [1.165, 1.54) is 10.8 Å². The Labute approximate surface area is 169 Å². The molecule has 160 valence electrons. The molecule has 1 atom stereocenters. The summed E-state index contributed by atoms with van der Waals surface area (Å²) in [6, 6.07) is 6.52. The number of aromatic nitrogens is 4. The number of rotatable bonds is 7. The molecule has 1 saturated heterocycles. The maximum absolute atomic E-state index is 12.4. The van der Waals surface area contributed by atoms with Crippen LogP contribution in [-0.4, -0.2) is 45.5 Å². The molecular formula is C19H21F3N6O2. The second kappa shape index (κ2) is 8.44. The van der Waals surface area contributed by atoms with Gasteiger partial charge in [-0.1, -0.05) is 24.3 Å². The largest absolute Gasteiger partial charge is 0.522 e. The Bertz CT molecular complexity index is 1070. The number of nitrogens with one attached hydrogen (secondary N) is 3. The molecule has 11 heteroatoms. The van der Waals surface area contributed by atoms with Crippen LogP contribution in [0, 0.1) is 5.92 Å². The molecule has 0 unspecified atom stereocenters. The van der Waals surface area contributed by atoms with Gasteiger partial charge in [0, 0.05) is 6.54 Å². The molecule has 3 aromatic rings. The van der Waals surface area contributed by atoms with Crippen molar-refractivity contribution in [2.75, 3.05) is 25.0 Å². The summed E-state index contributed by atoms with van der Waals surface area (Å²) in [5.41, 5.74) is 1.31. The van der Waals surface area contributed by atoms with E-state index in [2.05, 4.69) is 30.3 Å². The van der Waals surface area contributed by atoms with Crippen molar-refractivity contribution in [1.82, 2.24) is 24.8 Å². The number of nitrogens with zero attached hydrogens (tertiary/aromatic N) is 3. The molecule has 0 radical (unpaired) electrons. The van der Waals surface area contributed by atoms with Crippen LogP contribution >= 0.6 is 0 Å². The minimum atomic E-state index is -4.73. The molecule has 3 heterocycles. The van der Waals surface area contributed by atoms with E-state index in [1.807, 2.05) is 0 Å². The van der Waals surface area contributed by atoms with Gasteiger partial charge in [0.1, 0.15) is 5.52 Å². The molecule has 0 aliphatic carbocycles. The van der Waals surface area contributed by atoms with E-state index in [4.69, 9.17) is 0 Å². The number of fused-ring (bicyclic) bond motifs is 1. The molecular weight excluding hydrogens is 401 g/mol. The third kappa shape index (κ3) is 4.79. The van der Waals surface area contributed by atoms with Crippen molar-refractivity contribution in [3.63, 3.8) is 0 Å². The van der Waals surface area contributed by atoms with Gasteiger partial charge in [-0.3, -0.25) is 9.30 Å². The Kier molecular flexibility index (Phi) is 5.73.